The van der Waals surface area contributed by atoms with Crippen molar-refractivity contribution >= 4 is 29.7 Å². The fourth-order valence-electron chi connectivity index (χ4n) is 2.82. The standard InChI is InChI=1S/C22H30N2O11/c1-3-33-18(34-4-2)12-23-20(28)15(24-16(25)9-10-17(26)27)11-13-5-7-14(8-6-13)35-19(21(29)30)22(31)32/h5-8,15,18-19H,3-4,9-12H2,1-2H3,(H,23,28)(H,24,25)(H,26,27)(H,29,30)(H,31,32)/t15-/m0/s1. The third kappa shape index (κ3) is 11.3. The highest BCUT2D eigenvalue weighted by atomic mass is 16.7. The van der Waals surface area contributed by atoms with E-state index in [9.17, 15) is 24.0 Å². The van der Waals surface area contributed by atoms with E-state index in [0.717, 1.165) is 0 Å². The molecule has 0 saturated heterocycles. The van der Waals surface area contributed by atoms with E-state index in [4.69, 9.17) is 29.5 Å². The Bertz CT molecular complexity index is 853. The number of carboxylic acids is 3. The molecule has 0 spiro atoms. The van der Waals surface area contributed by atoms with Crippen molar-refractivity contribution in [1.82, 2.24) is 10.6 Å². The molecule has 5 N–H and O–H groups in total. The van der Waals surface area contributed by atoms with Gasteiger partial charge in [0.15, 0.2) is 6.29 Å². The Kier molecular flexibility index (Phi) is 12.8. The van der Waals surface area contributed by atoms with Gasteiger partial charge in [-0.1, -0.05) is 12.1 Å². The minimum Gasteiger partial charge on any atom is -0.481 e. The van der Waals surface area contributed by atoms with Gasteiger partial charge in [0.05, 0.1) is 13.0 Å². The Morgan fingerprint density at radius 3 is 1.94 bits per heavy atom. The summed E-state index contributed by atoms with van der Waals surface area (Å²) in [7, 11) is 0. The van der Waals surface area contributed by atoms with Gasteiger partial charge in [0.1, 0.15) is 11.8 Å². The molecule has 194 valence electrons. The third-order valence-electron chi connectivity index (χ3n) is 4.43. The monoisotopic (exact) mass is 498 g/mol. The molecular formula is C22H30N2O11. The number of nitrogens with one attached hydrogen (secondary N) is 2. The van der Waals surface area contributed by atoms with Crippen molar-refractivity contribution in [3.63, 3.8) is 0 Å². The van der Waals surface area contributed by atoms with E-state index in [2.05, 4.69) is 10.6 Å². The third-order valence-corrected chi connectivity index (χ3v) is 4.43. The van der Waals surface area contributed by atoms with Gasteiger partial charge in [0, 0.05) is 26.1 Å². The van der Waals surface area contributed by atoms with Gasteiger partial charge in [0.2, 0.25) is 11.8 Å². The van der Waals surface area contributed by atoms with Crippen molar-refractivity contribution in [2.45, 2.75) is 51.5 Å². The summed E-state index contributed by atoms with van der Waals surface area (Å²) in [6.07, 6.45) is -3.50. The predicted octanol–water partition coefficient (Wildman–Crippen LogP) is 0.0106. The van der Waals surface area contributed by atoms with E-state index in [1.165, 1.54) is 24.3 Å². The summed E-state index contributed by atoms with van der Waals surface area (Å²) < 4.78 is 15.7. The van der Waals surface area contributed by atoms with Gasteiger partial charge in [-0.05, 0) is 31.5 Å². The highest BCUT2D eigenvalue weighted by Crippen LogP contribution is 2.16. The molecule has 1 rings (SSSR count). The van der Waals surface area contributed by atoms with Gasteiger partial charge in [-0.25, -0.2) is 9.59 Å². The quantitative estimate of drug-likeness (QED) is 0.143. The van der Waals surface area contributed by atoms with E-state index in [1.54, 1.807) is 13.8 Å². The van der Waals surface area contributed by atoms with Crippen LogP contribution in [-0.2, 0) is 39.9 Å². The molecular weight excluding hydrogens is 468 g/mol. The van der Waals surface area contributed by atoms with Crippen molar-refractivity contribution in [1.29, 1.82) is 0 Å². The van der Waals surface area contributed by atoms with Gasteiger partial charge >= 0.3 is 17.9 Å². The summed E-state index contributed by atoms with van der Waals surface area (Å²) in [6.45, 7) is 4.26. The number of carbonyl (C=O) groups excluding carboxylic acids is 2. The zero-order valence-electron chi connectivity index (χ0n) is 19.4. The molecule has 0 aliphatic heterocycles. The molecule has 0 saturated carbocycles. The number of amides is 2. The second-order valence-electron chi connectivity index (χ2n) is 7.12. The summed E-state index contributed by atoms with van der Waals surface area (Å²) in [5.74, 6) is -5.71. The number of benzene rings is 1. The highest BCUT2D eigenvalue weighted by Gasteiger charge is 2.28. The lowest BCUT2D eigenvalue weighted by Gasteiger charge is -2.22. The second-order valence-corrected chi connectivity index (χ2v) is 7.12. The molecule has 1 atom stereocenters. The Balaban J connectivity index is 2.92. The summed E-state index contributed by atoms with van der Waals surface area (Å²) in [5, 5.41) is 31.7. The van der Waals surface area contributed by atoms with E-state index in [0.29, 0.717) is 18.8 Å². The molecule has 0 heterocycles. The van der Waals surface area contributed by atoms with Crippen LogP contribution in [0, 0.1) is 0 Å². The van der Waals surface area contributed by atoms with E-state index in [1.807, 2.05) is 0 Å². The van der Waals surface area contributed by atoms with E-state index in [-0.39, 0.29) is 25.1 Å². The molecule has 13 nitrogen and oxygen atoms in total. The molecule has 0 aromatic heterocycles. The zero-order chi connectivity index (χ0) is 26.4. The van der Waals surface area contributed by atoms with Crippen LogP contribution in [0.1, 0.15) is 32.3 Å². The number of hydrogen-bond acceptors (Lipinski definition) is 8. The van der Waals surface area contributed by atoms with Gasteiger partial charge in [-0.2, -0.15) is 0 Å². The molecule has 1 aromatic carbocycles. The van der Waals surface area contributed by atoms with Gasteiger partial charge in [0.25, 0.3) is 6.10 Å². The largest absolute Gasteiger partial charge is 0.481 e. The Labute approximate surface area is 201 Å². The van der Waals surface area contributed by atoms with E-state index >= 15 is 0 Å². The van der Waals surface area contributed by atoms with Crippen molar-refractivity contribution in [3.05, 3.63) is 29.8 Å². The van der Waals surface area contributed by atoms with Crippen molar-refractivity contribution in [2.24, 2.45) is 0 Å². The maximum atomic E-state index is 12.8. The van der Waals surface area contributed by atoms with Crippen LogP contribution in [0.5, 0.6) is 5.75 Å². The molecule has 0 aliphatic rings. The molecule has 13 heteroatoms. The second kappa shape index (κ2) is 15.2. The summed E-state index contributed by atoms with van der Waals surface area (Å²) in [5.41, 5.74) is 0.532. The summed E-state index contributed by atoms with van der Waals surface area (Å²) in [6, 6.07) is 4.54. The lowest BCUT2D eigenvalue weighted by atomic mass is 10.0. The number of carboxylic acid groups (broad SMARTS) is 3. The fourth-order valence-corrected chi connectivity index (χ4v) is 2.82. The Hall–Kier alpha value is -3.71. The SMILES string of the molecule is CCOC(CNC(=O)[C@H](Cc1ccc(OC(C(=O)O)C(=O)O)cc1)NC(=O)CCC(=O)O)OCC. The maximum absolute atomic E-state index is 12.8. The molecule has 0 unspecified atom stereocenters. The van der Waals surface area contributed by atoms with Crippen molar-refractivity contribution < 1.29 is 53.5 Å². The topological polar surface area (TPSA) is 198 Å². The Morgan fingerprint density at radius 2 is 1.46 bits per heavy atom. The number of ether oxygens (including phenoxy) is 3. The molecule has 35 heavy (non-hydrogen) atoms. The van der Waals surface area contributed by atoms with Gasteiger partial charge < -0.3 is 40.2 Å². The molecule has 2 amide bonds. The number of carbonyl (C=O) groups is 5. The van der Waals surface area contributed by atoms with Crippen molar-refractivity contribution in [3.8, 4) is 5.75 Å². The first-order valence-electron chi connectivity index (χ1n) is 10.8. The molecule has 1 aromatic rings. The molecule has 0 aliphatic carbocycles. The average molecular weight is 498 g/mol. The van der Waals surface area contributed by atoms with Crippen molar-refractivity contribution in [2.75, 3.05) is 19.8 Å². The van der Waals surface area contributed by atoms with Crippen LogP contribution in [-0.4, -0.2) is 83.2 Å². The average Bonchev–Trinajstić information content (AvgIpc) is 2.79. The summed E-state index contributed by atoms with van der Waals surface area (Å²) in [4.78, 5) is 57.6. The van der Waals surface area contributed by atoms with Crippen LogP contribution in [0.4, 0.5) is 0 Å². The zero-order valence-corrected chi connectivity index (χ0v) is 19.4. The number of rotatable bonds is 17. The van der Waals surface area contributed by atoms with Gasteiger partial charge in [-0.15, -0.1) is 0 Å². The molecule has 0 radical (unpaired) electrons. The minimum atomic E-state index is -2.09. The smallest absolute Gasteiger partial charge is 0.356 e. The number of hydrogen-bond donors (Lipinski definition) is 5. The van der Waals surface area contributed by atoms with Crippen LogP contribution >= 0.6 is 0 Å². The minimum absolute atomic E-state index is 0.000150. The number of aliphatic carboxylic acids is 3. The van der Waals surface area contributed by atoms with Gasteiger partial charge in [-0.3, -0.25) is 14.4 Å². The maximum Gasteiger partial charge on any atom is 0.356 e. The lowest BCUT2D eigenvalue weighted by Crippen LogP contribution is -2.50. The van der Waals surface area contributed by atoms with Crippen LogP contribution < -0.4 is 15.4 Å². The van der Waals surface area contributed by atoms with Crippen LogP contribution in [0.3, 0.4) is 0 Å². The summed E-state index contributed by atoms with van der Waals surface area (Å²) >= 11 is 0. The fraction of sp³-hybridized carbons (Fsp3) is 0.500. The van der Waals surface area contributed by atoms with Crippen LogP contribution in [0.2, 0.25) is 0 Å². The predicted molar refractivity (Wildman–Crippen MR) is 119 cm³/mol. The molecule has 0 fully saturated rings. The molecule has 0 bridgehead atoms. The van der Waals surface area contributed by atoms with E-state index < -0.39 is 54.6 Å². The highest BCUT2D eigenvalue weighted by molar-refractivity contribution is 5.96. The first-order valence-corrected chi connectivity index (χ1v) is 10.8. The lowest BCUT2D eigenvalue weighted by molar-refractivity contribution is -0.159. The Morgan fingerprint density at radius 1 is 0.886 bits per heavy atom. The van der Waals surface area contributed by atoms with Crippen LogP contribution in [0.15, 0.2) is 24.3 Å². The van der Waals surface area contributed by atoms with Crippen LogP contribution in [0.25, 0.3) is 0 Å². The first kappa shape index (κ1) is 29.3. The first-order chi connectivity index (χ1) is 16.6. The normalized spacial score (nSPS) is 11.7.